The van der Waals surface area contributed by atoms with Crippen molar-refractivity contribution in [3.63, 3.8) is 0 Å². The highest BCUT2D eigenvalue weighted by Gasteiger charge is 2.36. The molecule has 0 radical (unpaired) electrons. The van der Waals surface area contributed by atoms with Crippen molar-refractivity contribution in [2.24, 2.45) is 17.3 Å². The quantitative estimate of drug-likeness (QED) is 0.425. The van der Waals surface area contributed by atoms with Gasteiger partial charge in [0.15, 0.2) is 0 Å². The van der Waals surface area contributed by atoms with Crippen LogP contribution in [0.2, 0.25) is 0 Å². The summed E-state index contributed by atoms with van der Waals surface area (Å²) in [5.74, 6) is -1.35. The van der Waals surface area contributed by atoms with Crippen molar-refractivity contribution in [3.8, 4) is 0 Å². The summed E-state index contributed by atoms with van der Waals surface area (Å²) >= 11 is 0. The predicted octanol–water partition coefficient (Wildman–Crippen LogP) is 2.58. The number of ketones is 1. The molecule has 1 fully saturated rings. The molecule has 1 aromatic rings. The first kappa shape index (κ1) is 27.3. The second kappa shape index (κ2) is 12.0. The molecule has 0 bridgehead atoms. The fourth-order valence-corrected chi connectivity index (χ4v) is 4.88. The van der Waals surface area contributed by atoms with Crippen LogP contribution in [0.1, 0.15) is 53.0 Å². The maximum absolute atomic E-state index is 13.6. The van der Waals surface area contributed by atoms with Crippen LogP contribution in [0.15, 0.2) is 18.2 Å². The monoisotopic (exact) mass is 467 g/mol. The summed E-state index contributed by atoms with van der Waals surface area (Å²) in [6.07, 6.45) is 0.974. The number of hydrogen-bond donors (Lipinski definition) is 4. The Morgan fingerprint density at radius 2 is 1.82 bits per heavy atom. The number of piperidine rings is 1. The van der Waals surface area contributed by atoms with E-state index in [0.29, 0.717) is 18.0 Å². The Kier molecular flexibility index (Phi) is 9.94. The van der Waals surface area contributed by atoms with Gasteiger partial charge in [0.25, 0.3) is 0 Å². The van der Waals surface area contributed by atoms with Crippen LogP contribution >= 0.6 is 0 Å². The lowest BCUT2D eigenvalue weighted by molar-refractivity contribution is -0.122. The smallest absolute Gasteiger partial charge is 0.217 e. The highest BCUT2D eigenvalue weighted by Crippen LogP contribution is 2.34. The lowest BCUT2D eigenvalue weighted by Crippen LogP contribution is -2.55. The van der Waals surface area contributed by atoms with Crippen LogP contribution in [0.4, 0.5) is 8.78 Å². The van der Waals surface area contributed by atoms with E-state index in [0.717, 1.165) is 25.5 Å². The van der Waals surface area contributed by atoms with E-state index in [2.05, 4.69) is 36.7 Å². The Morgan fingerprint density at radius 3 is 2.36 bits per heavy atom. The summed E-state index contributed by atoms with van der Waals surface area (Å²) in [7, 11) is 0. The third-order valence-electron chi connectivity index (χ3n) is 6.20. The molecule has 186 valence electrons. The van der Waals surface area contributed by atoms with Crippen molar-refractivity contribution in [3.05, 3.63) is 35.4 Å². The van der Waals surface area contributed by atoms with Crippen molar-refractivity contribution in [1.82, 2.24) is 16.0 Å². The lowest BCUT2D eigenvalue weighted by atomic mass is 9.72. The maximum atomic E-state index is 13.6. The van der Waals surface area contributed by atoms with E-state index in [1.807, 2.05) is 0 Å². The average molecular weight is 468 g/mol. The SMILES string of the molecule is CC(=O)NC(Cc1cc(F)cc(F)c1)C(O)CNC(C(C)=O)C1CNCCC1CC(C)(C)C. The summed E-state index contributed by atoms with van der Waals surface area (Å²) in [4.78, 5) is 24.3. The zero-order chi connectivity index (χ0) is 24.8. The van der Waals surface area contributed by atoms with E-state index in [1.54, 1.807) is 6.92 Å². The minimum Gasteiger partial charge on any atom is -0.390 e. The maximum Gasteiger partial charge on any atom is 0.217 e. The molecule has 1 saturated heterocycles. The Bertz CT molecular complexity index is 792. The van der Waals surface area contributed by atoms with E-state index in [-0.39, 0.29) is 36.0 Å². The van der Waals surface area contributed by atoms with Crippen molar-refractivity contribution >= 4 is 11.7 Å². The van der Waals surface area contributed by atoms with E-state index in [4.69, 9.17) is 0 Å². The fraction of sp³-hybridized carbons (Fsp3) is 0.680. The second-order valence-electron chi connectivity index (χ2n) is 10.5. The number of Topliss-reactive ketones (excluding diaryl/α,β-unsaturated/α-hetero) is 1. The number of carbonyl (C=O) groups excluding carboxylic acids is 2. The number of aliphatic hydroxyl groups is 1. The molecule has 1 aliphatic rings. The van der Waals surface area contributed by atoms with Crippen molar-refractivity contribution < 1.29 is 23.5 Å². The van der Waals surface area contributed by atoms with E-state index in [9.17, 15) is 23.5 Å². The van der Waals surface area contributed by atoms with E-state index < -0.39 is 29.8 Å². The standard InChI is InChI=1S/C25H39F2N3O3/c1-15(31)24(21-13-28-7-6-18(21)12-25(3,4)5)29-14-23(33)22(30-16(2)32)10-17-8-19(26)11-20(27)9-17/h8-9,11,18,21-24,28-29,33H,6-7,10,12-14H2,1-5H3,(H,30,32). The lowest BCUT2D eigenvalue weighted by Gasteiger charge is -2.40. The summed E-state index contributed by atoms with van der Waals surface area (Å²) < 4.78 is 27.2. The number of rotatable bonds is 10. The fourth-order valence-electron chi connectivity index (χ4n) is 4.88. The topological polar surface area (TPSA) is 90.5 Å². The second-order valence-corrected chi connectivity index (χ2v) is 10.5. The molecule has 6 nitrogen and oxygen atoms in total. The number of halogens is 2. The molecular formula is C25H39F2N3O3. The molecule has 1 amide bonds. The van der Waals surface area contributed by atoms with Crippen LogP contribution in [0.25, 0.3) is 0 Å². The molecule has 1 aromatic carbocycles. The Morgan fingerprint density at radius 1 is 1.18 bits per heavy atom. The van der Waals surface area contributed by atoms with Crippen LogP contribution in [-0.4, -0.2) is 54.6 Å². The molecule has 5 unspecified atom stereocenters. The first-order valence-electron chi connectivity index (χ1n) is 11.7. The number of carbonyl (C=O) groups is 2. The van der Waals surface area contributed by atoms with E-state index >= 15 is 0 Å². The van der Waals surface area contributed by atoms with Gasteiger partial charge in [-0.15, -0.1) is 0 Å². The van der Waals surface area contributed by atoms with Gasteiger partial charge in [0.05, 0.1) is 18.2 Å². The molecule has 33 heavy (non-hydrogen) atoms. The normalized spacial score (nSPS) is 21.8. The first-order valence-corrected chi connectivity index (χ1v) is 11.7. The molecule has 8 heteroatoms. The zero-order valence-electron chi connectivity index (χ0n) is 20.4. The molecule has 5 atom stereocenters. The molecule has 1 aliphatic heterocycles. The van der Waals surface area contributed by atoms with Crippen molar-refractivity contribution in [1.29, 1.82) is 0 Å². The van der Waals surface area contributed by atoms with Gasteiger partial charge in [-0.05, 0) is 67.7 Å². The van der Waals surface area contributed by atoms with Gasteiger partial charge in [-0.25, -0.2) is 8.78 Å². The number of aliphatic hydroxyl groups excluding tert-OH is 1. The molecule has 2 rings (SSSR count). The summed E-state index contributed by atoms with van der Waals surface area (Å²) in [5.41, 5.74) is 0.466. The van der Waals surface area contributed by atoms with Gasteiger partial charge < -0.3 is 21.1 Å². The average Bonchev–Trinajstić information content (AvgIpc) is 2.66. The van der Waals surface area contributed by atoms with Crippen LogP contribution < -0.4 is 16.0 Å². The largest absolute Gasteiger partial charge is 0.390 e. The van der Waals surface area contributed by atoms with Crippen LogP contribution in [-0.2, 0) is 16.0 Å². The molecule has 1 heterocycles. The number of hydrogen-bond acceptors (Lipinski definition) is 5. The third kappa shape index (κ3) is 9.10. The van der Waals surface area contributed by atoms with Gasteiger partial charge in [0, 0.05) is 26.1 Å². The molecule has 0 saturated carbocycles. The number of amides is 1. The highest BCUT2D eigenvalue weighted by atomic mass is 19.1. The van der Waals surface area contributed by atoms with Gasteiger partial charge in [0.2, 0.25) is 5.91 Å². The minimum absolute atomic E-state index is 0.00177. The molecule has 0 spiro atoms. The Labute approximate surface area is 195 Å². The Hall–Kier alpha value is -1.90. The highest BCUT2D eigenvalue weighted by molar-refractivity contribution is 5.81. The third-order valence-corrected chi connectivity index (χ3v) is 6.20. The molecule has 0 aliphatic carbocycles. The first-order chi connectivity index (χ1) is 15.4. The molecule has 4 N–H and O–H groups in total. The number of nitrogens with one attached hydrogen (secondary N) is 3. The molecular weight excluding hydrogens is 428 g/mol. The van der Waals surface area contributed by atoms with Gasteiger partial charge in [0.1, 0.15) is 17.4 Å². The zero-order valence-corrected chi connectivity index (χ0v) is 20.4. The van der Waals surface area contributed by atoms with Crippen molar-refractivity contribution in [2.45, 2.75) is 72.1 Å². The minimum atomic E-state index is -1.06. The van der Waals surface area contributed by atoms with Gasteiger partial charge in [-0.3, -0.25) is 9.59 Å². The van der Waals surface area contributed by atoms with Gasteiger partial charge >= 0.3 is 0 Å². The predicted molar refractivity (Wildman–Crippen MR) is 125 cm³/mol. The van der Waals surface area contributed by atoms with Crippen LogP contribution in [0.5, 0.6) is 0 Å². The number of benzene rings is 1. The van der Waals surface area contributed by atoms with Crippen molar-refractivity contribution in [2.75, 3.05) is 19.6 Å². The summed E-state index contributed by atoms with van der Waals surface area (Å²) in [6, 6.07) is 1.93. The van der Waals surface area contributed by atoms with Crippen LogP contribution in [0.3, 0.4) is 0 Å². The van der Waals surface area contributed by atoms with Gasteiger partial charge in [-0.2, -0.15) is 0 Å². The Balaban J connectivity index is 2.11. The summed E-state index contributed by atoms with van der Waals surface area (Å²) in [5, 5.41) is 20.1. The molecule has 0 aromatic heterocycles. The van der Waals surface area contributed by atoms with E-state index in [1.165, 1.54) is 19.1 Å². The summed E-state index contributed by atoms with van der Waals surface area (Å²) in [6.45, 7) is 11.1. The van der Waals surface area contributed by atoms with Gasteiger partial charge in [-0.1, -0.05) is 20.8 Å². The van der Waals surface area contributed by atoms with Crippen LogP contribution in [0, 0.1) is 28.9 Å².